The fraction of sp³-hybridized carbons (Fsp3) is 0.870. The second-order valence-corrected chi connectivity index (χ2v) is 20.6. The van der Waals surface area contributed by atoms with Gasteiger partial charge in [-0.25, -0.2) is 9.97 Å². The van der Waals surface area contributed by atoms with Crippen LogP contribution in [-0.2, 0) is 12.8 Å². The first-order valence-electron chi connectivity index (χ1n) is 23.0. The molecule has 0 aromatic carbocycles. The summed E-state index contributed by atoms with van der Waals surface area (Å²) in [6.45, 7) is 4.61. The lowest BCUT2D eigenvalue weighted by Gasteiger charge is -2.04. The summed E-state index contributed by atoms with van der Waals surface area (Å²) in [5.74, 6) is 0. The Balaban J connectivity index is 1.42. The molecule has 0 N–H and O–H groups in total. The lowest BCUT2D eigenvalue weighted by atomic mass is 10.0. The number of aromatic nitrogens is 2. The highest BCUT2D eigenvalue weighted by Crippen LogP contribution is 2.38. The Morgan fingerprint density at radius 1 is 0.308 bits per heavy atom. The maximum Gasteiger partial charge on any atom is 0.153 e. The minimum absolute atomic E-state index is 1.08. The molecule has 0 spiro atoms. The van der Waals surface area contributed by atoms with E-state index in [9.17, 15) is 0 Å². The third-order valence-electron chi connectivity index (χ3n) is 11.0. The predicted octanol–water partition coefficient (Wildman–Crippen LogP) is 19.0. The highest BCUT2D eigenvalue weighted by Gasteiger charge is 2.16. The van der Waals surface area contributed by atoms with Crippen LogP contribution in [0.4, 0.5) is 0 Å². The van der Waals surface area contributed by atoms with Crippen LogP contribution in [0.3, 0.4) is 0 Å². The molecule has 302 valence electrons. The molecule has 2 nitrogen and oxygen atoms in total. The lowest BCUT2D eigenvalue weighted by molar-refractivity contribution is 0.525. The average Bonchev–Trinajstić information content (AvgIpc) is 3.71. The molecule has 2 aromatic rings. The van der Waals surface area contributed by atoms with Crippen molar-refractivity contribution < 1.29 is 0 Å². The van der Waals surface area contributed by atoms with Crippen LogP contribution in [0.15, 0.2) is 7.57 Å². The molecule has 2 aromatic heterocycles. The third-order valence-corrected chi connectivity index (χ3v) is 14.8. The first kappa shape index (κ1) is 48.4. The van der Waals surface area contributed by atoms with Crippen LogP contribution < -0.4 is 0 Å². The number of nitrogens with zero attached hydrogens (tertiary/aromatic N) is 2. The van der Waals surface area contributed by atoms with E-state index in [-0.39, 0.29) is 0 Å². The summed E-state index contributed by atoms with van der Waals surface area (Å²) in [6.07, 6.45) is 53.3. The van der Waals surface area contributed by atoms with Gasteiger partial charge in [-0.05, 0) is 57.5 Å². The van der Waals surface area contributed by atoms with Gasteiger partial charge < -0.3 is 0 Å². The monoisotopic (exact) mass is 884 g/mol. The van der Waals surface area contributed by atoms with Gasteiger partial charge in [0.2, 0.25) is 0 Å². The van der Waals surface area contributed by atoms with Crippen molar-refractivity contribution in [2.75, 3.05) is 0 Å². The molecule has 0 saturated heterocycles. The molecule has 52 heavy (non-hydrogen) atoms. The maximum absolute atomic E-state index is 5.03. The fourth-order valence-corrected chi connectivity index (χ4v) is 10.7. The van der Waals surface area contributed by atoms with Crippen LogP contribution in [0.5, 0.6) is 0 Å². The van der Waals surface area contributed by atoms with Crippen LogP contribution in [0.1, 0.15) is 256 Å². The van der Waals surface area contributed by atoms with Crippen LogP contribution in [0.25, 0.3) is 10.0 Å². The van der Waals surface area contributed by atoms with E-state index in [0.717, 1.165) is 22.9 Å². The van der Waals surface area contributed by atoms with E-state index in [4.69, 9.17) is 9.97 Å². The maximum atomic E-state index is 5.03. The zero-order valence-electron chi connectivity index (χ0n) is 34.3. The number of halogens is 2. The van der Waals surface area contributed by atoms with E-state index in [1.165, 1.54) is 250 Å². The van der Waals surface area contributed by atoms with E-state index in [1.807, 2.05) is 0 Å². The van der Waals surface area contributed by atoms with E-state index >= 15 is 0 Å². The Labute approximate surface area is 349 Å². The number of hydrogen-bond acceptors (Lipinski definition) is 4. The Hall–Kier alpha value is 0.220. The van der Waals surface area contributed by atoms with Gasteiger partial charge in [-0.2, -0.15) is 0 Å². The van der Waals surface area contributed by atoms with Gasteiger partial charge >= 0.3 is 0 Å². The minimum atomic E-state index is 1.08. The molecule has 0 unspecified atom stereocenters. The topological polar surface area (TPSA) is 25.8 Å². The van der Waals surface area contributed by atoms with Gasteiger partial charge in [0, 0.05) is 0 Å². The molecule has 0 aliphatic rings. The predicted molar refractivity (Wildman–Crippen MR) is 244 cm³/mol. The number of aryl methyl sites for hydroxylation is 2. The Kier molecular flexibility index (Phi) is 33.1. The zero-order chi connectivity index (χ0) is 37.2. The Morgan fingerprint density at radius 3 is 0.712 bits per heavy atom. The largest absolute Gasteiger partial charge is 0.237 e. The minimum Gasteiger partial charge on any atom is -0.237 e. The smallest absolute Gasteiger partial charge is 0.153 e. The van der Waals surface area contributed by atoms with Crippen molar-refractivity contribution in [1.82, 2.24) is 9.97 Å². The summed E-state index contributed by atoms with van der Waals surface area (Å²) in [5.41, 5.74) is 2.46. The molecule has 0 aliphatic heterocycles. The first-order chi connectivity index (χ1) is 25.7. The van der Waals surface area contributed by atoms with Crippen molar-refractivity contribution in [3.8, 4) is 10.0 Å². The van der Waals surface area contributed by atoms with Gasteiger partial charge in [-0.1, -0.05) is 232 Å². The van der Waals surface area contributed by atoms with Crippen LogP contribution in [-0.4, -0.2) is 9.97 Å². The van der Waals surface area contributed by atoms with Crippen LogP contribution >= 0.6 is 54.5 Å². The van der Waals surface area contributed by atoms with E-state index < -0.39 is 0 Å². The highest BCUT2D eigenvalue weighted by molar-refractivity contribution is 9.11. The molecular weight excluding hydrogens is 804 g/mol. The molecule has 0 amide bonds. The molecule has 0 aliphatic carbocycles. The van der Waals surface area contributed by atoms with Crippen molar-refractivity contribution in [2.45, 2.75) is 258 Å². The third kappa shape index (κ3) is 26.1. The first-order valence-corrected chi connectivity index (χ1v) is 26.2. The van der Waals surface area contributed by atoms with Crippen LogP contribution in [0, 0.1) is 0 Å². The van der Waals surface area contributed by atoms with Gasteiger partial charge in [0.25, 0.3) is 0 Å². The summed E-state index contributed by atoms with van der Waals surface area (Å²) >= 11 is 11.2. The molecule has 6 heteroatoms. The molecule has 0 bridgehead atoms. The van der Waals surface area contributed by atoms with Gasteiger partial charge in [0.15, 0.2) is 10.0 Å². The van der Waals surface area contributed by atoms with Crippen molar-refractivity contribution in [1.29, 1.82) is 0 Å². The van der Waals surface area contributed by atoms with E-state index in [0.29, 0.717) is 0 Å². The second kappa shape index (κ2) is 35.6. The van der Waals surface area contributed by atoms with Gasteiger partial charge in [-0.3, -0.25) is 0 Å². The van der Waals surface area contributed by atoms with E-state index in [2.05, 4.69) is 45.7 Å². The summed E-state index contributed by atoms with van der Waals surface area (Å²) in [5, 5.41) is 2.16. The molecule has 2 heterocycles. The molecule has 0 radical (unpaired) electrons. The summed E-state index contributed by atoms with van der Waals surface area (Å²) in [7, 11) is 0. The van der Waals surface area contributed by atoms with Crippen LogP contribution in [0.2, 0.25) is 0 Å². The number of thiazole rings is 2. The highest BCUT2D eigenvalue weighted by atomic mass is 79.9. The molecule has 0 atom stereocenters. The van der Waals surface area contributed by atoms with Crippen molar-refractivity contribution in [2.24, 2.45) is 0 Å². The molecular formula is C46H82Br2N2S2. The normalized spacial score (nSPS) is 11.7. The molecule has 2 rings (SSSR count). The SMILES string of the molecule is CCCCCCCCCCCCCCCCCCCCc1nc(-c2nc(CCCCCCCCCCCCCCCCCCCC)c(Br)s2)sc1Br. The number of hydrogen-bond donors (Lipinski definition) is 0. The van der Waals surface area contributed by atoms with Crippen molar-refractivity contribution >= 4 is 54.5 Å². The van der Waals surface area contributed by atoms with Crippen molar-refractivity contribution in [3.63, 3.8) is 0 Å². The second-order valence-electron chi connectivity index (χ2n) is 16.0. The fourth-order valence-electron chi connectivity index (χ4n) is 7.55. The summed E-state index contributed by atoms with van der Waals surface area (Å²) in [6, 6.07) is 0. The standard InChI is InChI=1S/C46H82Br2N2S2/c1-3-5-7-9-11-13-15-17-19-21-23-25-27-29-31-33-35-37-39-41-43(47)51-45(49-41)46-50-42(44(48)52-46)40-38-36-34-32-30-28-26-24-22-20-18-16-14-12-10-8-6-4-2/h3-40H2,1-2H3. The Bertz CT molecular complexity index is 969. The average molecular weight is 887 g/mol. The van der Waals surface area contributed by atoms with Gasteiger partial charge in [0.05, 0.1) is 19.0 Å². The van der Waals surface area contributed by atoms with Crippen molar-refractivity contribution in [3.05, 3.63) is 19.0 Å². The molecule has 0 saturated carbocycles. The van der Waals surface area contributed by atoms with E-state index in [1.54, 1.807) is 22.7 Å². The summed E-state index contributed by atoms with van der Waals surface area (Å²) in [4.78, 5) is 10.1. The number of unbranched alkanes of at least 4 members (excludes halogenated alkanes) is 34. The molecule has 0 fully saturated rings. The zero-order valence-corrected chi connectivity index (χ0v) is 39.1. The van der Waals surface area contributed by atoms with Gasteiger partial charge in [-0.15, -0.1) is 22.7 Å². The number of rotatable bonds is 39. The quantitative estimate of drug-likeness (QED) is 0.0625. The van der Waals surface area contributed by atoms with Gasteiger partial charge in [0.1, 0.15) is 0 Å². The Morgan fingerprint density at radius 2 is 0.500 bits per heavy atom. The summed E-state index contributed by atoms with van der Waals surface area (Å²) < 4.78 is 2.40. The lowest BCUT2D eigenvalue weighted by Crippen LogP contribution is -1.89.